The third-order valence-electron chi connectivity index (χ3n) is 5.32. The van der Waals surface area contributed by atoms with Crippen LogP contribution in [0.25, 0.3) is 22.3 Å². The molecule has 2 aromatic carbocycles. The van der Waals surface area contributed by atoms with Crippen molar-refractivity contribution in [2.45, 2.75) is 32.2 Å². The van der Waals surface area contributed by atoms with Gasteiger partial charge >= 0.3 is 0 Å². The lowest BCUT2D eigenvalue weighted by Gasteiger charge is -2.09. The lowest BCUT2D eigenvalue weighted by atomic mass is 10.2. The normalized spacial score (nSPS) is 13.8. The van der Waals surface area contributed by atoms with Gasteiger partial charge in [0.1, 0.15) is 17.3 Å². The molecule has 0 atom stereocenters. The Balaban J connectivity index is 1.41. The van der Waals surface area contributed by atoms with Gasteiger partial charge in [0.25, 0.3) is 5.91 Å². The molecule has 3 heterocycles. The van der Waals surface area contributed by atoms with Crippen LogP contribution in [-0.4, -0.2) is 25.7 Å². The Hall–Kier alpha value is -3.48. The highest BCUT2D eigenvalue weighted by Crippen LogP contribution is 2.25. The highest BCUT2D eigenvalue weighted by molar-refractivity contribution is 6.06. The van der Waals surface area contributed by atoms with Crippen LogP contribution in [0.15, 0.2) is 48.5 Å². The van der Waals surface area contributed by atoms with E-state index in [-0.39, 0.29) is 11.7 Å². The average Bonchev–Trinajstić information content (AvgIpc) is 3.25. The van der Waals surface area contributed by atoms with Gasteiger partial charge in [-0.05, 0) is 49.2 Å². The van der Waals surface area contributed by atoms with Crippen molar-refractivity contribution in [2.24, 2.45) is 0 Å². The summed E-state index contributed by atoms with van der Waals surface area (Å²) < 4.78 is 15.6. The van der Waals surface area contributed by atoms with Gasteiger partial charge < -0.3 is 14.9 Å². The Morgan fingerprint density at radius 1 is 1.07 bits per heavy atom. The van der Waals surface area contributed by atoms with E-state index in [0.717, 1.165) is 48.5 Å². The van der Waals surface area contributed by atoms with E-state index in [4.69, 9.17) is 0 Å². The van der Waals surface area contributed by atoms with Crippen LogP contribution in [0.5, 0.6) is 0 Å². The van der Waals surface area contributed by atoms with E-state index in [9.17, 15) is 9.18 Å². The number of carbonyl (C=O) groups excluding carboxylic acids is 1. The summed E-state index contributed by atoms with van der Waals surface area (Å²) in [6.07, 6.45) is 4.41. The predicted octanol–water partition coefficient (Wildman–Crippen LogP) is 4.54. The Bertz CT molecular complexity index is 1210. The minimum Gasteiger partial charge on any atom is -0.351 e. The van der Waals surface area contributed by atoms with Crippen LogP contribution in [-0.2, 0) is 13.0 Å². The molecule has 2 N–H and O–H groups in total. The van der Waals surface area contributed by atoms with E-state index in [1.807, 2.05) is 24.3 Å². The number of fused-ring (bicyclic) bond motifs is 2. The second kappa shape index (κ2) is 7.16. The number of carbonyl (C=O) groups is 1. The largest absolute Gasteiger partial charge is 0.351 e. The maximum atomic E-state index is 13.4. The minimum atomic E-state index is -0.330. The third-order valence-corrected chi connectivity index (χ3v) is 5.32. The summed E-state index contributed by atoms with van der Waals surface area (Å²) in [5.41, 5.74) is 2.69. The molecule has 5 rings (SSSR count). The monoisotopic (exact) mass is 389 g/mol. The lowest BCUT2D eigenvalue weighted by molar-refractivity contribution is 0.102. The molecule has 146 valence electrons. The van der Waals surface area contributed by atoms with Crippen LogP contribution in [0.2, 0.25) is 0 Å². The Kier molecular flexibility index (Phi) is 4.35. The Morgan fingerprint density at radius 2 is 2.00 bits per heavy atom. The number of nitrogens with zero attached hydrogens (tertiary/aromatic N) is 3. The SMILES string of the molecule is O=C(Nc1cccc(-c2nnc3n2CCCCC3)c1)c1cc2cc(F)ccc2[nH]1. The first-order chi connectivity index (χ1) is 14.2. The second-order valence-electron chi connectivity index (χ2n) is 7.35. The molecule has 1 aliphatic heterocycles. The van der Waals surface area contributed by atoms with Crippen LogP contribution < -0.4 is 5.32 Å². The van der Waals surface area contributed by atoms with Crippen LogP contribution in [0.3, 0.4) is 0 Å². The van der Waals surface area contributed by atoms with Crippen molar-refractivity contribution in [3.63, 3.8) is 0 Å². The summed E-state index contributed by atoms with van der Waals surface area (Å²) in [7, 11) is 0. The van der Waals surface area contributed by atoms with Crippen molar-refractivity contribution in [2.75, 3.05) is 5.32 Å². The van der Waals surface area contributed by atoms with Gasteiger partial charge in [0.15, 0.2) is 5.82 Å². The topological polar surface area (TPSA) is 75.6 Å². The maximum absolute atomic E-state index is 13.4. The fourth-order valence-corrected chi connectivity index (χ4v) is 3.86. The van der Waals surface area contributed by atoms with Crippen LogP contribution in [0, 0.1) is 5.82 Å². The zero-order chi connectivity index (χ0) is 19.8. The Labute approximate surface area is 166 Å². The summed E-state index contributed by atoms with van der Waals surface area (Å²) in [4.78, 5) is 15.7. The minimum absolute atomic E-state index is 0.279. The smallest absolute Gasteiger partial charge is 0.272 e. The number of aryl methyl sites for hydroxylation is 1. The second-order valence-corrected chi connectivity index (χ2v) is 7.35. The van der Waals surface area contributed by atoms with Gasteiger partial charge in [0.05, 0.1) is 0 Å². The summed E-state index contributed by atoms with van der Waals surface area (Å²) >= 11 is 0. The number of anilines is 1. The molecule has 6 nitrogen and oxygen atoms in total. The van der Waals surface area contributed by atoms with E-state index < -0.39 is 0 Å². The molecular formula is C22H20FN5O. The van der Waals surface area contributed by atoms with Crippen molar-refractivity contribution in [3.05, 3.63) is 65.9 Å². The van der Waals surface area contributed by atoms with Crippen LogP contribution in [0.4, 0.5) is 10.1 Å². The number of H-pyrrole nitrogens is 1. The number of hydrogen-bond donors (Lipinski definition) is 2. The molecule has 1 aliphatic rings. The standard InChI is InChI=1S/C22H20FN5O/c23-16-8-9-18-15(11-16)13-19(25-18)22(29)24-17-6-4-5-14(12-17)21-27-26-20-7-2-1-3-10-28(20)21/h4-6,8-9,11-13,25H,1-3,7,10H2,(H,24,29). The van der Waals surface area contributed by atoms with E-state index in [0.29, 0.717) is 16.8 Å². The fourth-order valence-electron chi connectivity index (χ4n) is 3.86. The first-order valence-electron chi connectivity index (χ1n) is 9.79. The molecule has 1 amide bonds. The zero-order valence-corrected chi connectivity index (χ0v) is 15.8. The van der Waals surface area contributed by atoms with Gasteiger partial charge in [0, 0.05) is 35.1 Å². The lowest BCUT2D eigenvalue weighted by Crippen LogP contribution is -2.12. The third kappa shape index (κ3) is 3.40. The van der Waals surface area contributed by atoms with E-state index in [2.05, 4.69) is 25.1 Å². The Morgan fingerprint density at radius 3 is 2.93 bits per heavy atom. The summed E-state index contributed by atoms with van der Waals surface area (Å²) in [5, 5.41) is 12.3. The summed E-state index contributed by atoms with van der Waals surface area (Å²) in [6, 6.07) is 13.7. The van der Waals surface area contributed by atoms with Crippen molar-refractivity contribution >= 4 is 22.5 Å². The molecule has 0 saturated heterocycles. The van der Waals surface area contributed by atoms with Gasteiger partial charge in [-0.1, -0.05) is 18.6 Å². The van der Waals surface area contributed by atoms with Crippen LogP contribution >= 0.6 is 0 Å². The molecule has 0 aliphatic carbocycles. The van der Waals surface area contributed by atoms with E-state index in [1.165, 1.54) is 18.6 Å². The molecule has 0 saturated carbocycles. The molecule has 0 radical (unpaired) electrons. The molecular weight excluding hydrogens is 369 g/mol. The summed E-state index contributed by atoms with van der Waals surface area (Å²) in [6.45, 7) is 0.917. The van der Waals surface area contributed by atoms with E-state index in [1.54, 1.807) is 12.1 Å². The van der Waals surface area contributed by atoms with Crippen molar-refractivity contribution in [3.8, 4) is 11.4 Å². The van der Waals surface area contributed by atoms with Crippen molar-refractivity contribution < 1.29 is 9.18 Å². The number of rotatable bonds is 3. The molecule has 4 aromatic rings. The zero-order valence-electron chi connectivity index (χ0n) is 15.8. The van der Waals surface area contributed by atoms with E-state index >= 15 is 0 Å². The number of benzene rings is 2. The number of halogens is 1. The van der Waals surface area contributed by atoms with Crippen molar-refractivity contribution in [1.82, 2.24) is 19.7 Å². The van der Waals surface area contributed by atoms with Gasteiger partial charge in [0.2, 0.25) is 0 Å². The molecule has 7 heteroatoms. The van der Waals surface area contributed by atoms with Crippen molar-refractivity contribution in [1.29, 1.82) is 0 Å². The molecule has 0 unspecified atom stereocenters. The van der Waals surface area contributed by atoms with Gasteiger partial charge in [-0.3, -0.25) is 4.79 Å². The molecule has 2 aromatic heterocycles. The first kappa shape index (κ1) is 17.6. The number of aromatic amines is 1. The number of aromatic nitrogens is 4. The molecule has 0 fully saturated rings. The molecule has 29 heavy (non-hydrogen) atoms. The van der Waals surface area contributed by atoms with Gasteiger partial charge in [-0.25, -0.2) is 4.39 Å². The van der Waals surface area contributed by atoms with Gasteiger partial charge in [-0.2, -0.15) is 0 Å². The van der Waals surface area contributed by atoms with Crippen LogP contribution in [0.1, 0.15) is 35.6 Å². The number of amides is 1. The summed E-state index contributed by atoms with van der Waals surface area (Å²) in [5.74, 6) is 1.25. The fraction of sp³-hybridized carbons (Fsp3) is 0.227. The highest BCUT2D eigenvalue weighted by Gasteiger charge is 2.17. The quantitative estimate of drug-likeness (QED) is 0.540. The average molecular weight is 389 g/mol. The first-order valence-corrected chi connectivity index (χ1v) is 9.79. The number of nitrogens with one attached hydrogen (secondary N) is 2. The van der Waals surface area contributed by atoms with Gasteiger partial charge in [-0.15, -0.1) is 10.2 Å². The molecule has 0 bridgehead atoms. The predicted molar refractivity (Wildman–Crippen MR) is 109 cm³/mol. The maximum Gasteiger partial charge on any atom is 0.272 e. The highest BCUT2D eigenvalue weighted by atomic mass is 19.1. The molecule has 0 spiro atoms. The number of hydrogen-bond acceptors (Lipinski definition) is 3.